The van der Waals surface area contributed by atoms with E-state index in [2.05, 4.69) is 26.0 Å². The van der Waals surface area contributed by atoms with E-state index in [4.69, 9.17) is 0 Å². The van der Waals surface area contributed by atoms with Crippen molar-refractivity contribution >= 4 is 17.2 Å². The van der Waals surface area contributed by atoms with Crippen LogP contribution in [0.4, 0.5) is 5.69 Å². The molecule has 0 fully saturated rings. The molecule has 0 atom stereocenters. The predicted molar refractivity (Wildman–Crippen MR) is 82.7 cm³/mol. The van der Waals surface area contributed by atoms with E-state index >= 15 is 0 Å². The highest BCUT2D eigenvalue weighted by Gasteiger charge is 2.26. The van der Waals surface area contributed by atoms with Crippen molar-refractivity contribution in [1.29, 1.82) is 0 Å². The molecule has 2 aromatic carbocycles. The molecule has 0 saturated carbocycles. The van der Waals surface area contributed by atoms with Crippen molar-refractivity contribution in [2.24, 2.45) is 0 Å². The molecule has 0 saturated heterocycles. The average Bonchev–Trinajstić information content (AvgIpc) is 2.82. The second-order valence-corrected chi connectivity index (χ2v) is 5.19. The largest absolute Gasteiger partial charge is 0.305 e. The molecule has 2 aromatic rings. The second kappa shape index (κ2) is 4.97. The first-order valence-electron chi connectivity index (χ1n) is 6.81. The quantitative estimate of drug-likeness (QED) is 0.808. The van der Waals surface area contributed by atoms with Gasteiger partial charge in [-0.3, -0.25) is 4.79 Å². The molecule has 1 amide bonds. The number of carbonyl (C=O) groups excluding carboxylic acids is 1. The standard InChI is InChI=1S/C18H17NO/c1-13-8-9-16(14(2)12-13)17-10-11-19(18(17)20)15-6-4-3-5-7-15/h3-10,12H,11H2,1-2H3. The highest BCUT2D eigenvalue weighted by atomic mass is 16.2. The lowest BCUT2D eigenvalue weighted by atomic mass is 9.99. The van der Waals surface area contributed by atoms with E-state index in [1.807, 2.05) is 47.4 Å². The summed E-state index contributed by atoms with van der Waals surface area (Å²) in [5, 5.41) is 0. The van der Waals surface area contributed by atoms with Crippen molar-refractivity contribution in [2.45, 2.75) is 13.8 Å². The number of anilines is 1. The van der Waals surface area contributed by atoms with E-state index in [9.17, 15) is 4.79 Å². The molecule has 3 rings (SSSR count). The molecule has 2 heteroatoms. The Morgan fingerprint density at radius 2 is 1.75 bits per heavy atom. The Bertz CT molecular complexity index is 686. The molecule has 0 N–H and O–H groups in total. The minimum atomic E-state index is 0.0863. The number of hydrogen-bond acceptors (Lipinski definition) is 1. The zero-order valence-electron chi connectivity index (χ0n) is 11.8. The van der Waals surface area contributed by atoms with Crippen LogP contribution < -0.4 is 4.90 Å². The second-order valence-electron chi connectivity index (χ2n) is 5.19. The molecule has 1 heterocycles. The molecule has 0 aliphatic carbocycles. The van der Waals surface area contributed by atoms with Gasteiger partial charge in [-0.2, -0.15) is 0 Å². The van der Waals surface area contributed by atoms with Crippen molar-refractivity contribution in [3.05, 3.63) is 71.3 Å². The summed E-state index contributed by atoms with van der Waals surface area (Å²) in [6.07, 6.45) is 2.02. The van der Waals surface area contributed by atoms with Crippen molar-refractivity contribution in [1.82, 2.24) is 0 Å². The first-order chi connectivity index (χ1) is 9.66. The van der Waals surface area contributed by atoms with Gasteiger partial charge >= 0.3 is 0 Å². The zero-order chi connectivity index (χ0) is 14.1. The third-order valence-corrected chi connectivity index (χ3v) is 3.69. The Morgan fingerprint density at radius 3 is 2.45 bits per heavy atom. The van der Waals surface area contributed by atoms with Gasteiger partial charge in [-0.25, -0.2) is 0 Å². The monoisotopic (exact) mass is 263 g/mol. The van der Waals surface area contributed by atoms with Gasteiger partial charge in [-0.05, 0) is 37.1 Å². The van der Waals surface area contributed by atoms with Crippen LogP contribution in [0.15, 0.2) is 54.6 Å². The molecule has 2 nitrogen and oxygen atoms in total. The van der Waals surface area contributed by atoms with E-state index in [0.717, 1.165) is 22.4 Å². The Balaban J connectivity index is 1.93. The number of nitrogens with zero attached hydrogens (tertiary/aromatic N) is 1. The van der Waals surface area contributed by atoms with Crippen LogP contribution in [-0.2, 0) is 4.79 Å². The molecule has 0 radical (unpaired) electrons. The van der Waals surface area contributed by atoms with E-state index in [-0.39, 0.29) is 5.91 Å². The van der Waals surface area contributed by atoms with Crippen LogP contribution in [0.25, 0.3) is 5.57 Å². The van der Waals surface area contributed by atoms with Gasteiger partial charge in [0.05, 0.1) is 0 Å². The number of para-hydroxylation sites is 1. The van der Waals surface area contributed by atoms with Gasteiger partial charge in [0.2, 0.25) is 0 Å². The topological polar surface area (TPSA) is 20.3 Å². The number of aryl methyl sites for hydroxylation is 2. The summed E-state index contributed by atoms with van der Waals surface area (Å²) in [5.41, 5.74) is 5.18. The third kappa shape index (κ3) is 2.14. The SMILES string of the molecule is Cc1ccc(C2=CCN(c3ccccc3)C2=O)c(C)c1. The van der Waals surface area contributed by atoms with Crippen LogP contribution in [0.2, 0.25) is 0 Å². The van der Waals surface area contributed by atoms with Crippen molar-refractivity contribution < 1.29 is 4.79 Å². The number of benzene rings is 2. The maximum atomic E-state index is 12.6. The molecule has 0 bridgehead atoms. The van der Waals surface area contributed by atoms with Gasteiger partial charge in [-0.1, -0.05) is 48.0 Å². The van der Waals surface area contributed by atoms with Gasteiger partial charge in [-0.15, -0.1) is 0 Å². The normalized spacial score (nSPS) is 14.6. The predicted octanol–water partition coefficient (Wildman–Crippen LogP) is 3.73. The van der Waals surface area contributed by atoms with Crippen LogP contribution in [0, 0.1) is 13.8 Å². The summed E-state index contributed by atoms with van der Waals surface area (Å²) < 4.78 is 0. The summed E-state index contributed by atoms with van der Waals surface area (Å²) in [6, 6.07) is 16.0. The van der Waals surface area contributed by atoms with E-state index in [0.29, 0.717) is 6.54 Å². The van der Waals surface area contributed by atoms with Crippen molar-refractivity contribution in [3.63, 3.8) is 0 Å². The highest BCUT2D eigenvalue weighted by Crippen LogP contribution is 2.29. The lowest BCUT2D eigenvalue weighted by molar-refractivity contribution is -0.112. The lowest BCUT2D eigenvalue weighted by Gasteiger charge is -2.17. The fraction of sp³-hybridized carbons (Fsp3) is 0.167. The van der Waals surface area contributed by atoms with E-state index in [1.54, 1.807) is 0 Å². The average molecular weight is 263 g/mol. The molecular formula is C18H17NO. The molecule has 1 aliphatic rings. The van der Waals surface area contributed by atoms with E-state index in [1.165, 1.54) is 5.56 Å². The van der Waals surface area contributed by atoms with Gasteiger partial charge in [0.15, 0.2) is 0 Å². The summed E-state index contributed by atoms with van der Waals surface area (Å²) in [4.78, 5) is 14.4. The van der Waals surface area contributed by atoms with Crippen LogP contribution in [-0.4, -0.2) is 12.5 Å². The summed E-state index contributed by atoms with van der Waals surface area (Å²) >= 11 is 0. The smallest absolute Gasteiger partial charge is 0.258 e. The fourth-order valence-electron chi connectivity index (χ4n) is 2.67. The highest BCUT2D eigenvalue weighted by molar-refractivity contribution is 6.29. The van der Waals surface area contributed by atoms with Crippen LogP contribution in [0.5, 0.6) is 0 Å². The Labute approximate surface area is 119 Å². The molecule has 100 valence electrons. The zero-order valence-corrected chi connectivity index (χ0v) is 11.8. The fourth-order valence-corrected chi connectivity index (χ4v) is 2.67. The molecule has 0 spiro atoms. The number of carbonyl (C=O) groups is 1. The number of hydrogen-bond donors (Lipinski definition) is 0. The van der Waals surface area contributed by atoms with Gasteiger partial charge in [0, 0.05) is 17.8 Å². The molecular weight excluding hydrogens is 246 g/mol. The summed E-state index contributed by atoms with van der Waals surface area (Å²) in [7, 11) is 0. The van der Waals surface area contributed by atoms with Crippen molar-refractivity contribution in [2.75, 3.05) is 11.4 Å². The maximum Gasteiger partial charge on any atom is 0.258 e. The summed E-state index contributed by atoms with van der Waals surface area (Å²) in [6.45, 7) is 4.77. The number of rotatable bonds is 2. The van der Waals surface area contributed by atoms with E-state index < -0.39 is 0 Å². The first-order valence-corrected chi connectivity index (χ1v) is 6.81. The minimum Gasteiger partial charge on any atom is -0.305 e. The van der Waals surface area contributed by atoms with Crippen LogP contribution in [0.3, 0.4) is 0 Å². The van der Waals surface area contributed by atoms with Crippen molar-refractivity contribution in [3.8, 4) is 0 Å². The molecule has 20 heavy (non-hydrogen) atoms. The van der Waals surface area contributed by atoms with Gasteiger partial charge in [0.25, 0.3) is 5.91 Å². The Morgan fingerprint density at radius 1 is 1.00 bits per heavy atom. The lowest BCUT2D eigenvalue weighted by Crippen LogP contribution is -2.26. The van der Waals surface area contributed by atoms with Gasteiger partial charge in [0.1, 0.15) is 0 Å². The van der Waals surface area contributed by atoms with Gasteiger partial charge < -0.3 is 4.90 Å². The Kier molecular flexibility index (Phi) is 3.15. The minimum absolute atomic E-state index is 0.0863. The van der Waals surface area contributed by atoms with Crippen LogP contribution in [0.1, 0.15) is 16.7 Å². The third-order valence-electron chi connectivity index (χ3n) is 3.69. The van der Waals surface area contributed by atoms with Crippen LogP contribution >= 0.6 is 0 Å². The first kappa shape index (κ1) is 12.7. The molecule has 0 unspecified atom stereocenters. The molecule has 1 aliphatic heterocycles. The number of amides is 1. The maximum absolute atomic E-state index is 12.6. The Hall–Kier alpha value is -2.35. The molecule has 0 aromatic heterocycles. The summed E-state index contributed by atoms with van der Waals surface area (Å²) in [5.74, 6) is 0.0863.